The van der Waals surface area contributed by atoms with Crippen molar-refractivity contribution in [1.82, 2.24) is 14.9 Å². The summed E-state index contributed by atoms with van der Waals surface area (Å²) < 4.78 is 6.95. The fourth-order valence-corrected chi connectivity index (χ4v) is 2.32. The van der Waals surface area contributed by atoms with Crippen molar-refractivity contribution in [1.29, 1.82) is 0 Å². The molecule has 0 radical (unpaired) electrons. The number of aliphatic hydroxyl groups excluding tert-OH is 1. The van der Waals surface area contributed by atoms with Gasteiger partial charge in [-0.05, 0) is 25.3 Å². The Morgan fingerprint density at radius 3 is 3.24 bits per heavy atom. The largest absolute Gasteiger partial charge is 0.393 e. The average molecular weight is 233 g/mol. The third-order valence-electron chi connectivity index (χ3n) is 3.20. The SMILES string of the molecule is Cc1cc(Cn2ncc3c2CC(O)CC3)no1. The molecular formula is C12H15N3O2. The molecular weight excluding hydrogens is 218 g/mol. The Morgan fingerprint density at radius 1 is 1.59 bits per heavy atom. The smallest absolute Gasteiger partial charge is 0.133 e. The zero-order valence-corrected chi connectivity index (χ0v) is 9.76. The summed E-state index contributed by atoms with van der Waals surface area (Å²) in [6, 6.07) is 1.91. The highest BCUT2D eigenvalue weighted by molar-refractivity contribution is 5.22. The molecule has 0 amide bonds. The van der Waals surface area contributed by atoms with E-state index in [1.54, 1.807) is 0 Å². The lowest BCUT2D eigenvalue weighted by Gasteiger charge is -2.18. The van der Waals surface area contributed by atoms with Gasteiger partial charge in [-0.3, -0.25) is 4.68 Å². The van der Waals surface area contributed by atoms with Crippen molar-refractivity contribution < 1.29 is 9.63 Å². The van der Waals surface area contributed by atoms with Gasteiger partial charge in [-0.15, -0.1) is 0 Å². The molecule has 17 heavy (non-hydrogen) atoms. The van der Waals surface area contributed by atoms with Crippen LogP contribution in [0.4, 0.5) is 0 Å². The van der Waals surface area contributed by atoms with Gasteiger partial charge in [0.2, 0.25) is 0 Å². The van der Waals surface area contributed by atoms with E-state index in [1.165, 1.54) is 5.56 Å². The second-order valence-corrected chi connectivity index (χ2v) is 4.60. The second kappa shape index (κ2) is 4.00. The topological polar surface area (TPSA) is 64.1 Å². The Kier molecular flexibility index (Phi) is 2.48. The third-order valence-corrected chi connectivity index (χ3v) is 3.20. The summed E-state index contributed by atoms with van der Waals surface area (Å²) in [5.41, 5.74) is 3.24. The lowest BCUT2D eigenvalue weighted by atomic mass is 9.96. The summed E-state index contributed by atoms with van der Waals surface area (Å²) in [4.78, 5) is 0. The maximum Gasteiger partial charge on any atom is 0.133 e. The first-order chi connectivity index (χ1) is 8.22. The molecule has 0 saturated heterocycles. The Balaban J connectivity index is 1.86. The standard InChI is InChI=1S/C12H15N3O2/c1-8-4-10(14-17-8)7-15-12-5-11(16)3-2-9(12)6-13-15/h4,6,11,16H,2-3,5,7H2,1H3. The molecule has 0 spiro atoms. The minimum Gasteiger partial charge on any atom is -0.393 e. The number of aliphatic hydroxyl groups is 1. The summed E-state index contributed by atoms with van der Waals surface area (Å²) in [5, 5.41) is 18.0. The molecule has 0 fully saturated rings. The van der Waals surface area contributed by atoms with Crippen molar-refractivity contribution in [2.75, 3.05) is 0 Å². The number of fused-ring (bicyclic) bond motifs is 1. The number of aromatic nitrogens is 3. The van der Waals surface area contributed by atoms with Crippen molar-refractivity contribution >= 4 is 0 Å². The lowest BCUT2D eigenvalue weighted by Crippen LogP contribution is -2.21. The summed E-state index contributed by atoms with van der Waals surface area (Å²) in [5.74, 6) is 0.807. The molecule has 2 aromatic rings. The van der Waals surface area contributed by atoms with Crippen molar-refractivity contribution in [3.05, 3.63) is 35.0 Å². The summed E-state index contributed by atoms with van der Waals surface area (Å²) in [6.45, 7) is 2.48. The van der Waals surface area contributed by atoms with E-state index in [0.29, 0.717) is 13.0 Å². The van der Waals surface area contributed by atoms with E-state index < -0.39 is 0 Å². The number of rotatable bonds is 2. The van der Waals surface area contributed by atoms with Crippen molar-refractivity contribution in [2.24, 2.45) is 0 Å². The van der Waals surface area contributed by atoms with Gasteiger partial charge in [0, 0.05) is 18.2 Å². The molecule has 5 heteroatoms. The molecule has 0 saturated carbocycles. The molecule has 1 atom stereocenters. The predicted molar refractivity (Wildman–Crippen MR) is 60.6 cm³/mol. The Morgan fingerprint density at radius 2 is 2.47 bits per heavy atom. The van der Waals surface area contributed by atoms with Gasteiger partial charge in [0.15, 0.2) is 0 Å². The van der Waals surface area contributed by atoms with Gasteiger partial charge in [0.05, 0.1) is 18.8 Å². The van der Waals surface area contributed by atoms with Crippen LogP contribution in [0.15, 0.2) is 16.8 Å². The van der Waals surface area contributed by atoms with Gasteiger partial charge in [0.25, 0.3) is 0 Å². The highest BCUT2D eigenvalue weighted by Crippen LogP contribution is 2.21. The van der Waals surface area contributed by atoms with Gasteiger partial charge >= 0.3 is 0 Å². The van der Waals surface area contributed by atoms with E-state index >= 15 is 0 Å². The summed E-state index contributed by atoms with van der Waals surface area (Å²) >= 11 is 0. The van der Waals surface area contributed by atoms with Crippen LogP contribution in [0.5, 0.6) is 0 Å². The van der Waals surface area contributed by atoms with Crippen molar-refractivity contribution in [2.45, 2.75) is 38.8 Å². The van der Waals surface area contributed by atoms with E-state index in [-0.39, 0.29) is 6.10 Å². The number of nitrogens with zero attached hydrogens (tertiary/aromatic N) is 3. The summed E-state index contributed by atoms with van der Waals surface area (Å²) in [7, 11) is 0. The van der Waals surface area contributed by atoms with E-state index in [9.17, 15) is 5.11 Å². The number of hydrogen-bond donors (Lipinski definition) is 1. The van der Waals surface area contributed by atoms with Crippen LogP contribution in [0, 0.1) is 6.92 Å². The molecule has 5 nitrogen and oxygen atoms in total. The molecule has 3 rings (SSSR count). The van der Waals surface area contributed by atoms with Gasteiger partial charge in [-0.2, -0.15) is 5.10 Å². The van der Waals surface area contributed by atoms with Gasteiger partial charge in [0.1, 0.15) is 11.5 Å². The third kappa shape index (κ3) is 1.98. The maximum atomic E-state index is 9.69. The fraction of sp³-hybridized carbons (Fsp3) is 0.500. The zero-order valence-electron chi connectivity index (χ0n) is 9.76. The molecule has 1 aliphatic carbocycles. The minimum atomic E-state index is -0.239. The molecule has 2 heterocycles. The monoisotopic (exact) mass is 233 g/mol. The molecule has 1 N–H and O–H groups in total. The maximum absolute atomic E-state index is 9.69. The number of aryl methyl sites for hydroxylation is 2. The van der Waals surface area contributed by atoms with Crippen LogP contribution in [-0.2, 0) is 19.4 Å². The first-order valence-corrected chi connectivity index (χ1v) is 5.86. The van der Waals surface area contributed by atoms with E-state index in [1.807, 2.05) is 23.9 Å². The zero-order chi connectivity index (χ0) is 11.8. The predicted octanol–water partition coefficient (Wildman–Crippen LogP) is 1.08. The van der Waals surface area contributed by atoms with E-state index in [2.05, 4.69) is 10.3 Å². The van der Waals surface area contributed by atoms with E-state index in [4.69, 9.17) is 4.52 Å². The van der Waals surface area contributed by atoms with Crippen molar-refractivity contribution in [3.8, 4) is 0 Å². The summed E-state index contributed by atoms with van der Waals surface area (Å²) in [6.07, 6.45) is 4.09. The van der Waals surface area contributed by atoms with E-state index in [0.717, 1.165) is 30.0 Å². The first kappa shape index (κ1) is 10.5. The molecule has 90 valence electrons. The van der Waals surface area contributed by atoms with Crippen LogP contribution in [0.2, 0.25) is 0 Å². The van der Waals surface area contributed by atoms with Crippen LogP contribution in [-0.4, -0.2) is 26.1 Å². The molecule has 2 aromatic heterocycles. The Bertz CT molecular complexity index is 530. The molecule has 0 bridgehead atoms. The molecule has 0 aromatic carbocycles. The Labute approximate surface area is 99.0 Å². The average Bonchev–Trinajstić information content (AvgIpc) is 2.87. The normalized spacial score (nSPS) is 19.3. The van der Waals surface area contributed by atoms with Gasteiger partial charge in [-0.1, -0.05) is 5.16 Å². The lowest BCUT2D eigenvalue weighted by molar-refractivity contribution is 0.155. The minimum absolute atomic E-state index is 0.239. The second-order valence-electron chi connectivity index (χ2n) is 4.60. The van der Waals surface area contributed by atoms with Gasteiger partial charge < -0.3 is 9.63 Å². The quantitative estimate of drug-likeness (QED) is 0.843. The first-order valence-electron chi connectivity index (χ1n) is 5.86. The fourth-order valence-electron chi connectivity index (χ4n) is 2.32. The Hall–Kier alpha value is -1.62. The molecule has 0 aliphatic heterocycles. The molecule has 1 aliphatic rings. The van der Waals surface area contributed by atoms with Crippen LogP contribution in [0.1, 0.15) is 29.1 Å². The van der Waals surface area contributed by atoms with Crippen LogP contribution < -0.4 is 0 Å². The molecule has 1 unspecified atom stereocenters. The van der Waals surface area contributed by atoms with Crippen LogP contribution in [0.25, 0.3) is 0 Å². The van der Waals surface area contributed by atoms with Gasteiger partial charge in [-0.25, -0.2) is 0 Å². The highest BCUT2D eigenvalue weighted by Gasteiger charge is 2.21. The van der Waals surface area contributed by atoms with Crippen molar-refractivity contribution in [3.63, 3.8) is 0 Å². The highest BCUT2D eigenvalue weighted by atomic mass is 16.5. The number of hydrogen-bond acceptors (Lipinski definition) is 4. The van der Waals surface area contributed by atoms with Crippen LogP contribution in [0.3, 0.4) is 0 Å². The van der Waals surface area contributed by atoms with Crippen LogP contribution >= 0.6 is 0 Å².